The summed E-state index contributed by atoms with van der Waals surface area (Å²) < 4.78 is 22.5. The summed E-state index contributed by atoms with van der Waals surface area (Å²) in [7, 11) is 0. The summed E-state index contributed by atoms with van der Waals surface area (Å²) >= 11 is 0. The molecule has 0 bridgehead atoms. The Hall–Kier alpha value is -0.921. The van der Waals surface area contributed by atoms with Crippen molar-refractivity contribution in [1.29, 1.82) is 0 Å². The van der Waals surface area contributed by atoms with Crippen molar-refractivity contribution in [1.82, 2.24) is 0 Å². The molecule has 0 saturated heterocycles. The zero-order valence-electron chi connectivity index (χ0n) is 10.3. The van der Waals surface area contributed by atoms with Gasteiger partial charge in [-0.1, -0.05) is 0 Å². The third-order valence-corrected chi connectivity index (χ3v) is 0.835. The molecule has 0 aromatic heterocycles. The fourth-order valence-electron chi connectivity index (χ4n) is 0.421. The molecule has 0 amide bonds. The first-order chi connectivity index (χ1) is 7.63. The summed E-state index contributed by atoms with van der Waals surface area (Å²) in [6, 6.07) is 0.747. The van der Waals surface area contributed by atoms with E-state index in [1.54, 1.807) is 12.4 Å². The first-order valence-corrected chi connectivity index (χ1v) is 4.29. The summed E-state index contributed by atoms with van der Waals surface area (Å²) in [6.07, 6.45) is 3.51. The van der Waals surface area contributed by atoms with Gasteiger partial charge in [0.1, 0.15) is 0 Å². The Morgan fingerprint density at radius 3 is 1.00 bits per heavy atom. The monoisotopic (exact) mass is 280 g/mol. The summed E-state index contributed by atoms with van der Waals surface area (Å²) in [6.45, 7) is 21.7. The van der Waals surface area contributed by atoms with E-state index in [-0.39, 0.29) is 17.1 Å². The standard InChI is InChI=1S/C8H16N2.3CO.Fe/c1-7(2)9-5-6-10-8(3)4;3*1-2;/h5-8H,1-4H3;;;;. The molecule has 0 rings (SSSR count). The van der Waals surface area contributed by atoms with Crippen molar-refractivity contribution in [2.24, 2.45) is 9.98 Å². The van der Waals surface area contributed by atoms with Crippen molar-refractivity contribution < 1.29 is 31.0 Å². The van der Waals surface area contributed by atoms with E-state index < -0.39 is 0 Å². The molecule has 5 nitrogen and oxygen atoms in total. The van der Waals surface area contributed by atoms with Crippen molar-refractivity contribution in [2.75, 3.05) is 0 Å². The van der Waals surface area contributed by atoms with Gasteiger partial charge < -0.3 is 0 Å². The van der Waals surface area contributed by atoms with Gasteiger partial charge in [-0.25, -0.2) is 0 Å². The molecule has 0 aromatic rings. The van der Waals surface area contributed by atoms with Gasteiger partial charge >= 0.3 is 33.9 Å². The second-order valence-electron chi connectivity index (χ2n) is 2.78. The molecule has 0 heterocycles. The maximum atomic E-state index is 7.50. The van der Waals surface area contributed by atoms with Crippen LogP contribution >= 0.6 is 0 Å². The van der Waals surface area contributed by atoms with Gasteiger partial charge in [0.05, 0.1) is 0 Å². The van der Waals surface area contributed by atoms with Gasteiger partial charge in [-0.3, -0.25) is 9.98 Å². The molecule has 0 radical (unpaired) electrons. The Labute approximate surface area is 113 Å². The third kappa shape index (κ3) is 69.8. The van der Waals surface area contributed by atoms with Gasteiger partial charge in [0.2, 0.25) is 0 Å². The number of aliphatic imine (C=N–C) groups is 2. The van der Waals surface area contributed by atoms with Crippen LogP contribution in [0.15, 0.2) is 9.98 Å². The Morgan fingerprint density at radius 1 is 0.706 bits per heavy atom. The quantitative estimate of drug-likeness (QED) is 0.327. The summed E-state index contributed by atoms with van der Waals surface area (Å²) in [5.41, 5.74) is 0. The smallest absolute Gasteiger partial charge is 0 e. The zero-order chi connectivity index (χ0) is 14.0. The molecule has 0 aliphatic carbocycles. The van der Waals surface area contributed by atoms with Crippen LogP contribution in [-0.4, -0.2) is 24.5 Å². The van der Waals surface area contributed by atoms with E-state index in [9.17, 15) is 0 Å². The van der Waals surface area contributed by atoms with Gasteiger partial charge in [-0.15, -0.1) is 0 Å². The van der Waals surface area contributed by atoms with Gasteiger partial charge in [0.15, 0.2) is 0 Å². The minimum Gasteiger partial charge on any atom is 0 e. The SMILES string of the molecule is CC(C)N=CC=NC(C)C.[C-]#[O+].[C-]#[O+].[C-]#[O+].[Fe]. The van der Waals surface area contributed by atoms with Crippen molar-refractivity contribution >= 4 is 12.4 Å². The van der Waals surface area contributed by atoms with Crippen LogP contribution in [0.1, 0.15) is 27.7 Å². The maximum absolute atomic E-state index is 7.50. The molecule has 0 atom stereocenters. The molecule has 0 fully saturated rings. The van der Waals surface area contributed by atoms with Gasteiger partial charge in [-0.2, -0.15) is 0 Å². The minimum absolute atomic E-state index is 0. The van der Waals surface area contributed by atoms with E-state index in [0.29, 0.717) is 12.1 Å². The normalized spacial score (nSPS) is 8.00. The molecule has 0 N–H and O–H groups in total. The number of hydrogen-bond acceptors (Lipinski definition) is 2. The fraction of sp³-hybridized carbons (Fsp3) is 0.545. The summed E-state index contributed by atoms with van der Waals surface area (Å²) in [5.74, 6) is 0. The number of hydrogen-bond donors (Lipinski definition) is 0. The predicted molar refractivity (Wildman–Crippen MR) is 59.0 cm³/mol. The first-order valence-electron chi connectivity index (χ1n) is 4.29. The van der Waals surface area contributed by atoms with E-state index >= 15 is 0 Å². The van der Waals surface area contributed by atoms with Crippen molar-refractivity contribution in [3.05, 3.63) is 20.0 Å². The largest absolute Gasteiger partial charge is 0 e. The van der Waals surface area contributed by atoms with E-state index in [0.717, 1.165) is 0 Å². The van der Waals surface area contributed by atoms with Gasteiger partial charge in [0.25, 0.3) is 0 Å². The van der Waals surface area contributed by atoms with Crippen LogP contribution < -0.4 is 0 Å². The molecule has 0 aliphatic rings. The van der Waals surface area contributed by atoms with E-state index in [1.165, 1.54) is 0 Å². The van der Waals surface area contributed by atoms with Crippen LogP contribution in [0, 0.1) is 20.0 Å². The molecular formula is C11H16FeN2O3. The Morgan fingerprint density at radius 2 is 0.882 bits per heavy atom. The minimum atomic E-state index is 0. The van der Waals surface area contributed by atoms with E-state index in [2.05, 4.69) is 29.9 Å². The van der Waals surface area contributed by atoms with Gasteiger partial charge in [0, 0.05) is 41.6 Å². The third-order valence-electron chi connectivity index (χ3n) is 0.835. The van der Waals surface area contributed by atoms with E-state index in [1.807, 2.05) is 27.7 Å². The van der Waals surface area contributed by atoms with Crippen molar-refractivity contribution in [2.45, 2.75) is 39.8 Å². The van der Waals surface area contributed by atoms with Crippen molar-refractivity contribution in [3.8, 4) is 0 Å². The van der Waals surface area contributed by atoms with E-state index in [4.69, 9.17) is 14.0 Å². The van der Waals surface area contributed by atoms with Crippen molar-refractivity contribution in [3.63, 3.8) is 0 Å². The molecule has 96 valence electrons. The topological polar surface area (TPSA) is 84.4 Å². The maximum Gasteiger partial charge on any atom is 0 e. The van der Waals surface area contributed by atoms with Crippen LogP contribution in [0.4, 0.5) is 0 Å². The molecular weight excluding hydrogens is 264 g/mol. The van der Waals surface area contributed by atoms with Crippen LogP contribution in [0.3, 0.4) is 0 Å². The Balaban J connectivity index is -0.0000000594. The van der Waals surface area contributed by atoms with Crippen LogP contribution in [0.25, 0.3) is 0 Å². The second-order valence-corrected chi connectivity index (χ2v) is 2.78. The summed E-state index contributed by atoms with van der Waals surface area (Å²) in [5, 5.41) is 0. The molecule has 6 heteroatoms. The molecule has 0 aromatic carbocycles. The second kappa shape index (κ2) is 36.3. The Kier molecular flexibility index (Phi) is 63.5. The first kappa shape index (κ1) is 29.8. The molecule has 0 spiro atoms. The molecule has 0 saturated carbocycles. The predicted octanol–water partition coefficient (Wildman–Crippen LogP) is 1.83. The van der Waals surface area contributed by atoms with Gasteiger partial charge in [-0.05, 0) is 27.7 Å². The Bertz CT molecular complexity index is 200. The summed E-state index contributed by atoms with van der Waals surface area (Å²) in [4.78, 5) is 8.24. The average molecular weight is 280 g/mol. The van der Waals surface area contributed by atoms with Crippen LogP contribution in [0.5, 0.6) is 0 Å². The zero-order valence-corrected chi connectivity index (χ0v) is 11.4. The number of rotatable bonds is 3. The van der Waals surface area contributed by atoms with Crippen LogP contribution in [0.2, 0.25) is 0 Å². The molecule has 0 aliphatic heterocycles. The average Bonchev–Trinajstić information content (AvgIpc) is 2.32. The fourth-order valence-corrected chi connectivity index (χ4v) is 0.421. The molecule has 17 heavy (non-hydrogen) atoms. The number of nitrogens with zero attached hydrogens (tertiary/aromatic N) is 2. The van der Waals surface area contributed by atoms with Crippen LogP contribution in [-0.2, 0) is 31.0 Å². The molecule has 0 unspecified atom stereocenters.